The molecule has 0 spiro atoms. The first-order chi connectivity index (χ1) is 8.70. The van der Waals surface area contributed by atoms with Gasteiger partial charge in [-0.25, -0.2) is 9.59 Å². The van der Waals surface area contributed by atoms with Gasteiger partial charge in [0.1, 0.15) is 12.1 Å². The molecule has 1 rings (SSSR count). The van der Waals surface area contributed by atoms with Crippen molar-refractivity contribution in [2.24, 2.45) is 0 Å². The van der Waals surface area contributed by atoms with Crippen molar-refractivity contribution in [3.8, 4) is 5.75 Å². The van der Waals surface area contributed by atoms with E-state index in [2.05, 4.69) is 0 Å². The van der Waals surface area contributed by atoms with Crippen molar-refractivity contribution in [2.45, 2.75) is 6.18 Å². The van der Waals surface area contributed by atoms with Gasteiger partial charge in [-0.2, -0.15) is 13.2 Å². The number of alkyl halides is 3. The SMILES string of the molecule is O=C(NCC(F)(F)F)Nc1cccc(C(=O)O)c1O. The van der Waals surface area contributed by atoms with Gasteiger partial charge in [0.2, 0.25) is 0 Å². The van der Waals surface area contributed by atoms with Crippen LogP contribution in [0.15, 0.2) is 18.2 Å². The Morgan fingerprint density at radius 1 is 1.26 bits per heavy atom. The second-order valence-electron chi connectivity index (χ2n) is 3.43. The molecule has 0 unspecified atom stereocenters. The van der Waals surface area contributed by atoms with E-state index in [1.165, 1.54) is 11.4 Å². The Labute approximate surface area is 104 Å². The molecule has 104 valence electrons. The summed E-state index contributed by atoms with van der Waals surface area (Å²) in [5, 5.41) is 21.6. The highest BCUT2D eigenvalue weighted by Crippen LogP contribution is 2.27. The summed E-state index contributed by atoms with van der Waals surface area (Å²) >= 11 is 0. The lowest BCUT2D eigenvalue weighted by molar-refractivity contribution is -0.122. The molecule has 0 atom stereocenters. The number of amides is 2. The molecule has 0 heterocycles. The smallest absolute Gasteiger partial charge is 0.405 e. The number of hydrogen-bond acceptors (Lipinski definition) is 3. The van der Waals surface area contributed by atoms with Gasteiger partial charge in [-0.05, 0) is 12.1 Å². The van der Waals surface area contributed by atoms with Crippen LogP contribution >= 0.6 is 0 Å². The number of carboxylic acids is 1. The number of nitrogens with one attached hydrogen (secondary N) is 2. The number of carboxylic acid groups (broad SMARTS) is 1. The van der Waals surface area contributed by atoms with Crippen LogP contribution in [-0.4, -0.2) is 34.9 Å². The molecule has 0 aliphatic heterocycles. The van der Waals surface area contributed by atoms with E-state index in [0.717, 1.165) is 12.1 Å². The fourth-order valence-electron chi connectivity index (χ4n) is 1.16. The first kappa shape index (κ1) is 14.6. The Kier molecular flexibility index (Phi) is 4.20. The van der Waals surface area contributed by atoms with Crippen molar-refractivity contribution in [3.63, 3.8) is 0 Å². The molecule has 0 saturated carbocycles. The monoisotopic (exact) mass is 278 g/mol. The summed E-state index contributed by atoms with van der Waals surface area (Å²) in [6.07, 6.45) is -4.57. The molecule has 1 aromatic rings. The Morgan fingerprint density at radius 2 is 1.89 bits per heavy atom. The molecular weight excluding hydrogens is 269 g/mol. The summed E-state index contributed by atoms with van der Waals surface area (Å²) in [5.74, 6) is -2.17. The molecule has 0 bridgehead atoms. The average Bonchev–Trinajstić information content (AvgIpc) is 2.28. The fourth-order valence-corrected chi connectivity index (χ4v) is 1.16. The highest BCUT2D eigenvalue weighted by atomic mass is 19.4. The molecule has 0 aromatic heterocycles. The molecule has 6 nitrogen and oxygen atoms in total. The minimum Gasteiger partial charge on any atom is -0.505 e. The fraction of sp³-hybridized carbons (Fsp3) is 0.200. The lowest BCUT2D eigenvalue weighted by atomic mass is 10.2. The van der Waals surface area contributed by atoms with Crippen LogP contribution in [0.2, 0.25) is 0 Å². The van der Waals surface area contributed by atoms with Gasteiger partial charge in [0, 0.05) is 0 Å². The zero-order valence-corrected chi connectivity index (χ0v) is 9.28. The Bertz CT molecular complexity index is 502. The summed E-state index contributed by atoms with van der Waals surface area (Å²) in [4.78, 5) is 21.8. The summed E-state index contributed by atoms with van der Waals surface area (Å²) < 4.78 is 35.5. The zero-order chi connectivity index (χ0) is 14.6. The Balaban J connectivity index is 2.75. The summed E-state index contributed by atoms with van der Waals surface area (Å²) in [6, 6.07) is 2.24. The largest absolute Gasteiger partial charge is 0.505 e. The molecule has 4 N–H and O–H groups in total. The molecule has 0 aliphatic carbocycles. The number of para-hydroxylation sites is 1. The van der Waals surface area contributed by atoms with Crippen molar-refractivity contribution in [2.75, 3.05) is 11.9 Å². The van der Waals surface area contributed by atoms with Gasteiger partial charge >= 0.3 is 18.2 Å². The average molecular weight is 278 g/mol. The van der Waals surface area contributed by atoms with Crippen LogP contribution in [0.1, 0.15) is 10.4 Å². The van der Waals surface area contributed by atoms with Crippen LogP contribution in [0.5, 0.6) is 5.75 Å². The van der Waals surface area contributed by atoms with E-state index in [0.29, 0.717) is 0 Å². The van der Waals surface area contributed by atoms with Crippen LogP contribution in [0.25, 0.3) is 0 Å². The maximum atomic E-state index is 11.8. The highest BCUT2D eigenvalue weighted by Gasteiger charge is 2.27. The molecule has 9 heteroatoms. The zero-order valence-electron chi connectivity index (χ0n) is 9.28. The standard InChI is InChI=1S/C10H9F3N2O4/c11-10(12,13)4-14-9(19)15-6-3-1-2-5(7(6)16)8(17)18/h1-3,16H,4H2,(H,17,18)(H2,14,15,19). The maximum absolute atomic E-state index is 11.8. The first-order valence-corrected chi connectivity index (χ1v) is 4.87. The van der Waals surface area contributed by atoms with E-state index in [9.17, 15) is 27.9 Å². The number of aromatic hydroxyl groups is 1. The number of urea groups is 1. The minimum atomic E-state index is -4.57. The number of carbonyl (C=O) groups is 2. The van der Waals surface area contributed by atoms with Crippen molar-refractivity contribution in [1.29, 1.82) is 0 Å². The molecule has 0 saturated heterocycles. The number of phenols is 1. The predicted molar refractivity (Wildman–Crippen MR) is 58.1 cm³/mol. The second kappa shape index (κ2) is 5.46. The molecule has 0 radical (unpaired) electrons. The number of rotatable bonds is 3. The molecule has 0 fully saturated rings. The van der Waals surface area contributed by atoms with Crippen LogP contribution in [0.3, 0.4) is 0 Å². The third-order valence-corrected chi connectivity index (χ3v) is 1.96. The van der Waals surface area contributed by atoms with Crippen LogP contribution in [-0.2, 0) is 0 Å². The lowest BCUT2D eigenvalue weighted by Gasteiger charge is -2.11. The van der Waals surface area contributed by atoms with Gasteiger partial charge in [0.15, 0.2) is 5.75 Å². The number of anilines is 1. The molecule has 2 amide bonds. The van der Waals surface area contributed by atoms with Crippen LogP contribution in [0.4, 0.5) is 23.7 Å². The van der Waals surface area contributed by atoms with Gasteiger partial charge in [0.05, 0.1) is 5.69 Å². The quantitative estimate of drug-likeness (QED) is 0.633. The number of aromatic carboxylic acids is 1. The van der Waals surface area contributed by atoms with Gasteiger partial charge in [-0.3, -0.25) is 0 Å². The summed E-state index contributed by atoms with van der Waals surface area (Å²) in [5.41, 5.74) is -0.784. The molecule has 0 aliphatic rings. The molecule has 19 heavy (non-hydrogen) atoms. The van der Waals surface area contributed by atoms with Gasteiger partial charge in [-0.15, -0.1) is 0 Å². The predicted octanol–water partition coefficient (Wildman–Crippen LogP) is 1.77. The van der Waals surface area contributed by atoms with Crippen molar-refractivity contribution >= 4 is 17.7 Å². The third-order valence-electron chi connectivity index (χ3n) is 1.96. The van der Waals surface area contributed by atoms with E-state index in [4.69, 9.17) is 5.11 Å². The maximum Gasteiger partial charge on any atom is 0.405 e. The second-order valence-corrected chi connectivity index (χ2v) is 3.43. The van der Waals surface area contributed by atoms with Crippen molar-refractivity contribution in [1.82, 2.24) is 5.32 Å². The third kappa shape index (κ3) is 4.37. The van der Waals surface area contributed by atoms with Gasteiger partial charge in [-0.1, -0.05) is 6.07 Å². The summed E-state index contributed by atoms with van der Waals surface area (Å²) in [6.45, 7) is -1.54. The first-order valence-electron chi connectivity index (χ1n) is 4.87. The Hall–Kier alpha value is -2.45. The number of carbonyl (C=O) groups excluding carboxylic acids is 1. The topological polar surface area (TPSA) is 98.7 Å². The molecule has 1 aromatic carbocycles. The van der Waals surface area contributed by atoms with E-state index >= 15 is 0 Å². The van der Waals surface area contributed by atoms with Gasteiger partial charge in [0.25, 0.3) is 0 Å². The van der Waals surface area contributed by atoms with E-state index in [1.807, 2.05) is 5.32 Å². The number of hydrogen-bond donors (Lipinski definition) is 4. The highest BCUT2D eigenvalue weighted by molar-refractivity contribution is 5.97. The van der Waals surface area contributed by atoms with E-state index < -0.39 is 36.0 Å². The summed E-state index contributed by atoms with van der Waals surface area (Å²) in [7, 11) is 0. The van der Waals surface area contributed by atoms with Gasteiger partial charge < -0.3 is 20.8 Å². The van der Waals surface area contributed by atoms with E-state index in [-0.39, 0.29) is 5.69 Å². The Morgan fingerprint density at radius 3 is 2.42 bits per heavy atom. The van der Waals surface area contributed by atoms with E-state index in [1.54, 1.807) is 0 Å². The van der Waals surface area contributed by atoms with Crippen molar-refractivity contribution < 1.29 is 33.0 Å². The number of halogens is 3. The van der Waals surface area contributed by atoms with Crippen LogP contribution < -0.4 is 10.6 Å². The number of benzene rings is 1. The normalized spacial score (nSPS) is 10.9. The van der Waals surface area contributed by atoms with Crippen LogP contribution in [0, 0.1) is 0 Å². The molecular formula is C10H9F3N2O4. The minimum absolute atomic E-state index is 0.306. The van der Waals surface area contributed by atoms with Crippen molar-refractivity contribution in [3.05, 3.63) is 23.8 Å². The lowest BCUT2D eigenvalue weighted by Crippen LogP contribution is -2.36.